The van der Waals surface area contributed by atoms with Crippen LogP contribution in [0.2, 0.25) is 0 Å². The van der Waals surface area contributed by atoms with Crippen molar-refractivity contribution in [3.63, 3.8) is 0 Å². The van der Waals surface area contributed by atoms with Gasteiger partial charge in [-0.25, -0.2) is 4.98 Å². The SMILES string of the molecule is CNCCC(O)C(O)c1ncc(C)s1. The Morgan fingerprint density at radius 2 is 2.29 bits per heavy atom. The molecule has 0 saturated heterocycles. The monoisotopic (exact) mass is 216 g/mol. The van der Waals surface area contributed by atoms with Gasteiger partial charge < -0.3 is 15.5 Å². The summed E-state index contributed by atoms with van der Waals surface area (Å²) < 4.78 is 0. The molecule has 0 fully saturated rings. The fourth-order valence-corrected chi connectivity index (χ4v) is 1.94. The van der Waals surface area contributed by atoms with Gasteiger partial charge in [-0.05, 0) is 26.9 Å². The first-order valence-electron chi connectivity index (χ1n) is 4.58. The first-order chi connectivity index (χ1) is 6.65. The smallest absolute Gasteiger partial charge is 0.131 e. The van der Waals surface area contributed by atoms with Gasteiger partial charge in [-0.3, -0.25) is 0 Å². The second-order valence-electron chi connectivity index (χ2n) is 3.21. The third kappa shape index (κ3) is 3.02. The van der Waals surface area contributed by atoms with Crippen LogP contribution in [0.1, 0.15) is 22.4 Å². The van der Waals surface area contributed by atoms with Gasteiger partial charge in [0.1, 0.15) is 11.1 Å². The van der Waals surface area contributed by atoms with Gasteiger partial charge in [-0.15, -0.1) is 11.3 Å². The number of hydrogen-bond donors (Lipinski definition) is 3. The van der Waals surface area contributed by atoms with Gasteiger partial charge in [-0.2, -0.15) is 0 Å². The third-order valence-electron chi connectivity index (χ3n) is 1.95. The van der Waals surface area contributed by atoms with E-state index in [0.29, 0.717) is 18.0 Å². The first-order valence-corrected chi connectivity index (χ1v) is 5.40. The van der Waals surface area contributed by atoms with Crippen molar-refractivity contribution in [3.05, 3.63) is 16.1 Å². The fourth-order valence-electron chi connectivity index (χ4n) is 1.12. The fraction of sp³-hybridized carbons (Fsp3) is 0.667. The van der Waals surface area contributed by atoms with Crippen molar-refractivity contribution in [3.8, 4) is 0 Å². The van der Waals surface area contributed by atoms with E-state index >= 15 is 0 Å². The number of aromatic nitrogens is 1. The van der Waals surface area contributed by atoms with Crippen molar-refractivity contribution in [2.75, 3.05) is 13.6 Å². The van der Waals surface area contributed by atoms with Crippen molar-refractivity contribution in [1.29, 1.82) is 0 Å². The lowest BCUT2D eigenvalue weighted by Crippen LogP contribution is -2.23. The molecule has 0 aliphatic rings. The van der Waals surface area contributed by atoms with Crippen LogP contribution in [0.25, 0.3) is 0 Å². The number of hydrogen-bond acceptors (Lipinski definition) is 5. The number of aliphatic hydroxyl groups excluding tert-OH is 2. The second kappa shape index (κ2) is 5.41. The highest BCUT2D eigenvalue weighted by Crippen LogP contribution is 2.23. The Balaban J connectivity index is 2.51. The third-order valence-corrected chi connectivity index (χ3v) is 2.93. The highest BCUT2D eigenvalue weighted by molar-refractivity contribution is 7.11. The summed E-state index contributed by atoms with van der Waals surface area (Å²) in [6.07, 6.45) is 0.625. The molecule has 3 N–H and O–H groups in total. The topological polar surface area (TPSA) is 65.4 Å². The molecule has 4 nitrogen and oxygen atoms in total. The standard InChI is InChI=1S/C9H16N2O2S/c1-6-5-11-9(14-6)8(13)7(12)3-4-10-2/h5,7-8,10,12-13H,3-4H2,1-2H3. The molecular weight excluding hydrogens is 200 g/mol. The van der Waals surface area contributed by atoms with Gasteiger partial charge in [0.2, 0.25) is 0 Å². The van der Waals surface area contributed by atoms with Gasteiger partial charge in [0.25, 0.3) is 0 Å². The van der Waals surface area contributed by atoms with E-state index < -0.39 is 12.2 Å². The van der Waals surface area contributed by atoms with E-state index in [2.05, 4.69) is 10.3 Å². The summed E-state index contributed by atoms with van der Waals surface area (Å²) in [7, 11) is 1.81. The summed E-state index contributed by atoms with van der Waals surface area (Å²) in [6, 6.07) is 0. The van der Waals surface area contributed by atoms with E-state index in [4.69, 9.17) is 0 Å². The molecule has 1 rings (SSSR count). The minimum Gasteiger partial charge on any atom is -0.390 e. The summed E-state index contributed by atoms with van der Waals surface area (Å²) >= 11 is 1.42. The zero-order valence-corrected chi connectivity index (χ0v) is 9.21. The summed E-state index contributed by atoms with van der Waals surface area (Å²) in [5, 5.41) is 22.8. The highest BCUT2D eigenvalue weighted by atomic mass is 32.1. The maximum atomic E-state index is 9.70. The number of nitrogens with zero attached hydrogens (tertiary/aromatic N) is 1. The highest BCUT2D eigenvalue weighted by Gasteiger charge is 2.20. The molecule has 1 heterocycles. The minimum atomic E-state index is -0.859. The molecule has 0 aliphatic heterocycles. The molecule has 14 heavy (non-hydrogen) atoms. The van der Waals surface area contributed by atoms with Crippen LogP contribution in [0, 0.1) is 6.92 Å². The first kappa shape index (κ1) is 11.6. The maximum Gasteiger partial charge on any atom is 0.131 e. The molecule has 0 aromatic carbocycles. The predicted octanol–water partition coefficient (Wildman–Crippen LogP) is 0.455. The number of nitrogens with one attached hydrogen (secondary N) is 1. The van der Waals surface area contributed by atoms with Crippen LogP contribution in [0.5, 0.6) is 0 Å². The molecular formula is C9H16N2O2S. The molecule has 0 radical (unpaired) electrons. The number of thiazole rings is 1. The Hall–Kier alpha value is -0.490. The average molecular weight is 216 g/mol. The molecule has 0 aliphatic carbocycles. The largest absolute Gasteiger partial charge is 0.390 e. The van der Waals surface area contributed by atoms with E-state index in [1.165, 1.54) is 11.3 Å². The minimum absolute atomic E-state index is 0.524. The molecule has 1 aromatic rings. The predicted molar refractivity (Wildman–Crippen MR) is 56.4 cm³/mol. The van der Waals surface area contributed by atoms with Crippen molar-refractivity contribution in [2.24, 2.45) is 0 Å². The molecule has 2 atom stereocenters. The van der Waals surface area contributed by atoms with Gasteiger partial charge >= 0.3 is 0 Å². The quantitative estimate of drug-likeness (QED) is 0.669. The van der Waals surface area contributed by atoms with Gasteiger partial charge in [0.05, 0.1) is 6.10 Å². The molecule has 80 valence electrons. The summed E-state index contributed by atoms with van der Waals surface area (Å²) in [6.45, 7) is 2.61. The normalized spacial score (nSPS) is 15.4. The lowest BCUT2D eigenvalue weighted by atomic mass is 10.1. The lowest BCUT2D eigenvalue weighted by Gasteiger charge is -2.14. The summed E-state index contributed by atoms with van der Waals surface area (Å²) in [4.78, 5) is 5.07. The summed E-state index contributed by atoms with van der Waals surface area (Å²) in [5.41, 5.74) is 0. The zero-order chi connectivity index (χ0) is 10.6. The van der Waals surface area contributed by atoms with E-state index in [1.807, 2.05) is 14.0 Å². The molecule has 0 bridgehead atoms. The molecule has 0 amide bonds. The van der Waals surface area contributed by atoms with Crippen molar-refractivity contribution >= 4 is 11.3 Å². The number of aliphatic hydroxyl groups is 2. The van der Waals surface area contributed by atoms with E-state index in [9.17, 15) is 10.2 Å². The molecule has 5 heteroatoms. The zero-order valence-electron chi connectivity index (χ0n) is 8.40. The molecule has 2 unspecified atom stereocenters. The lowest BCUT2D eigenvalue weighted by molar-refractivity contribution is 0.0139. The summed E-state index contributed by atoms with van der Waals surface area (Å²) in [5.74, 6) is 0. The van der Waals surface area contributed by atoms with Gasteiger partial charge in [0, 0.05) is 11.1 Å². The van der Waals surface area contributed by atoms with Gasteiger partial charge in [-0.1, -0.05) is 0 Å². The van der Waals surface area contributed by atoms with E-state index in [0.717, 1.165) is 4.88 Å². The maximum absolute atomic E-state index is 9.70. The number of aryl methyl sites for hydroxylation is 1. The van der Waals surface area contributed by atoms with E-state index in [1.54, 1.807) is 6.20 Å². The molecule has 0 spiro atoms. The van der Waals surface area contributed by atoms with Crippen LogP contribution in [0.15, 0.2) is 6.20 Å². The second-order valence-corrected chi connectivity index (χ2v) is 4.48. The van der Waals surface area contributed by atoms with Crippen LogP contribution in [0.4, 0.5) is 0 Å². The Morgan fingerprint density at radius 1 is 1.57 bits per heavy atom. The van der Waals surface area contributed by atoms with Crippen molar-refractivity contribution in [1.82, 2.24) is 10.3 Å². The van der Waals surface area contributed by atoms with Crippen LogP contribution in [-0.4, -0.2) is 34.9 Å². The van der Waals surface area contributed by atoms with Gasteiger partial charge in [0.15, 0.2) is 0 Å². The van der Waals surface area contributed by atoms with Crippen LogP contribution in [0.3, 0.4) is 0 Å². The Labute approximate surface area is 87.6 Å². The van der Waals surface area contributed by atoms with Crippen LogP contribution < -0.4 is 5.32 Å². The Kier molecular flexibility index (Phi) is 4.47. The van der Waals surface area contributed by atoms with Crippen molar-refractivity contribution < 1.29 is 10.2 Å². The van der Waals surface area contributed by atoms with Crippen molar-refractivity contribution in [2.45, 2.75) is 25.6 Å². The molecule has 0 saturated carbocycles. The van der Waals surface area contributed by atoms with E-state index in [-0.39, 0.29) is 0 Å². The van der Waals surface area contributed by atoms with Crippen LogP contribution >= 0.6 is 11.3 Å². The number of rotatable bonds is 5. The molecule has 1 aromatic heterocycles. The Bertz CT molecular complexity index is 278. The average Bonchev–Trinajstić information content (AvgIpc) is 2.60. The Morgan fingerprint density at radius 3 is 2.79 bits per heavy atom. The van der Waals surface area contributed by atoms with Crippen LogP contribution in [-0.2, 0) is 0 Å².